The SMILES string of the molecule is COc1ccccc1CN(I)Cc1nc(-c2ccc3ncnn3c2)c(-c2cccc(C)n2)[nH]1. The summed E-state index contributed by atoms with van der Waals surface area (Å²) in [5.74, 6) is 1.73. The van der Waals surface area contributed by atoms with Crippen LogP contribution < -0.4 is 4.74 Å². The Hall–Kier alpha value is -3.31. The lowest BCUT2D eigenvalue weighted by molar-refractivity contribution is 0.398. The summed E-state index contributed by atoms with van der Waals surface area (Å²) in [7, 11) is 1.70. The quantitative estimate of drug-likeness (QED) is 0.230. The van der Waals surface area contributed by atoms with Crippen molar-refractivity contribution < 1.29 is 4.74 Å². The van der Waals surface area contributed by atoms with E-state index in [-0.39, 0.29) is 0 Å². The zero-order chi connectivity index (χ0) is 22.8. The molecule has 0 saturated heterocycles. The maximum Gasteiger partial charge on any atom is 0.155 e. The molecule has 8 nitrogen and oxygen atoms in total. The molecule has 0 saturated carbocycles. The van der Waals surface area contributed by atoms with Gasteiger partial charge in [-0.2, -0.15) is 5.10 Å². The van der Waals surface area contributed by atoms with E-state index in [0.717, 1.165) is 57.7 Å². The number of rotatable bonds is 7. The van der Waals surface area contributed by atoms with Crippen LogP contribution in [0.15, 0.2) is 67.1 Å². The molecular weight excluding hydrogens is 529 g/mol. The van der Waals surface area contributed by atoms with Gasteiger partial charge in [-0.15, -0.1) is 0 Å². The van der Waals surface area contributed by atoms with Crippen molar-refractivity contribution in [2.24, 2.45) is 0 Å². The highest BCUT2D eigenvalue weighted by molar-refractivity contribution is 14.1. The van der Waals surface area contributed by atoms with E-state index in [4.69, 9.17) is 14.7 Å². The number of nitrogens with one attached hydrogen (secondary N) is 1. The molecule has 1 N–H and O–H groups in total. The Labute approximate surface area is 205 Å². The van der Waals surface area contributed by atoms with Gasteiger partial charge < -0.3 is 9.72 Å². The van der Waals surface area contributed by atoms with Crippen molar-refractivity contribution in [3.05, 3.63) is 84.2 Å². The number of aromatic amines is 1. The van der Waals surface area contributed by atoms with E-state index in [1.54, 1.807) is 18.0 Å². The molecule has 0 atom stereocenters. The smallest absolute Gasteiger partial charge is 0.155 e. The van der Waals surface area contributed by atoms with Crippen LogP contribution in [0.5, 0.6) is 5.75 Å². The lowest BCUT2D eigenvalue weighted by atomic mass is 10.1. The van der Waals surface area contributed by atoms with Crippen LogP contribution in [0.2, 0.25) is 0 Å². The molecule has 0 aliphatic heterocycles. The highest BCUT2D eigenvalue weighted by atomic mass is 127. The third-order valence-corrected chi connectivity index (χ3v) is 5.98. The van der Waals surface area contributed by atoms with Crippen LogP contribution in [0.3, 0.4) is 0 Å². The summed E-state index contributed by atoms with van der Waals surface area (Å²) < 4.78 is 9.43. The molecule has 5 aromatic rings. The Morgan fingerprint density at radius 1 is 1.03 bits per heavy atom. The molecule has 0 spiro atoms. The Morgan fingerprint density at radius 3 is 2.76 bits per heavy atom. The fourth-order valence-electron chi connectivity index (χ4n) is 3.77. The van der Waals surface area contributed by atoms with Crippen molar-refractivity contribution in [1.82, 2.24) is 32.7 Å². The molecule has 166 valence electrons. The first-order valence-corrected chi connectivity index (χ1v) is 11.4. The van der Waals surface area contributed by atoms with Gasteiger partial charge in [0, 0.05) is 52.4 Å². The number of hydrogen-bond acceptors (Lipinski definition) is 6. The molecule has 33 heavy (non-hydrogen) atoms. The average molecular weight is 551 g/mol. The van der Waals surface area contributed by atoms with Crippen molar-refractivity contribution in [1.29, 1.82) is 0 Å². The van der Waals surface area contributed by atoms with Crippen LogP contribution in [-0.2, 0) is 13.1 Å². The fraction of sp³-hybridized carbons (Fsp3) is 0.167. The predicted octanol–water partition coefficient (Wildman–Crippen LogP) is 4.85. The molecule has 4 heterocycles. The van der Waals surface area contributed by atoms with Crippen LogP contribution in [0.1, 0.15) is 17.1 Å². The van der Waals surface area contributed by atoms with Gasteiger partial charge >= 0.3 is 0 Å². The molecule has 0 aliphatic carbocycles. The van der Waals surface area contributed by atoms with Gasteiger partial charge in [-0.05, 0) is 37.3 Å². The number of halogens is 1. The van der Waals surface area contributed by atoms with Crippen molar-refractivity contribution >= 4 is 28.5 Å². The van der Waals surface area contributed by atoms with Gasteiger partial charge in [-0.25, -0.2) is 17.6 Å². The number of aryl methyl sites for hydroxylation is 1. The molecule has 4 aromatic heterocycles. The minimum Gasteiger partial charge on any atom is -0.496 e. The monoisotopic (exact) mass is 551 g/mol. The minimum absolute atomic E-state index is 0.628. The summed E-state index contributed by atoms with van der Waals surface area (Å²) in [4.78, 5) is 17.4. The first-order valence-electron chi connectivity index (χ1n) is 10.5. The highest BCUT2D eigenvalue weighted by Crippen LogP contribution is 2.30. The topological polar surface area (TPSA) is 84.2 Å². The molecule has 1 aromatic carbocycles. The summed E-state index contributed by atoms with van der Waals surface area (Å²) in [5, 5.41) is 4.27. The average Bonchev–Trinajstić information content (AvgIpc) is 3.46. The largest absolute Gasteiger partial charge is 0.496 e. The number of nitrogens with zero attached hydrogens (tertiary/aromatic N) is 6. The Bertz CT molecular complexity index is 1410. The van der Waals surface area contributed by atoms with Gasteiger partial charge in [0.25, 0.3) is 0 Å². The molecule has 0 radical (unpaired) electrons. The summed E-state index contributed by atoms with van der Waals surface area (Å²) in [5.41, 5.74) is 6.38. The number of para-hydroxylation sites is 1. The number of ether oxygens (including phenoxy) is 1. The normalized spacial score (nSPS) is 11.4. The van der Waals surface area contributed by atoms with E-state index in [1.165, 1.54) is 0 Å². The second-order valence-electron chi connectivity index (χ2n) is 7.64. The van der Waals surface area contributed by atoms with Crippen LogP contribution in [0.25, 0.3) is 28.3 Å². The van der Waals surface area contributed by atoms with Gasteiger partial charge in [-0.3, -0.25) is 4.98 Å². The maximum absolute atomic E-state index is 5.50. The predicted molar refractivity (Wildman–Crippen MR) is 135 cm³/mol. The number of H-pyrrole nitrogens is 1. The van der Waals surface area contributed by atoms with Gasteiger partial charge in [0.2, 0.25) is 0 Å². The van der Waals surface area contributed by atoms with Crippen molar-refractivity contribution in [2.45, 2.75) is 20.0 Å². The number of fused-ring (bicyclic) bond motifs is 1. The van der Waals surface area contributed by atoms with E-state index >= 15 is 0 Å². The lowest BCUT2D eigenvalue weighted by Crippen LogP contribution is -2.12. The molecule has 0 bridgehead atoms. The van der Waals surface area contributed by atoms with Crippen LogP contribution in [0.4, 0.5) is 0 Å². The van der Waals surface area contributed by atoms with Crippen LogP contribution in [-0.4, -0.2) is 39.8 Å². The lowest BCUT2D eigenvalue weighted by Gasteiger charge is -2.15. The standard InChI is InChI=1S/C24H22IN7O/c1-16-6-5-8-19(28-16)24-23(18-10-11-22-26-15-27-32(22)13-18)29-21(30-24)14-31(25)12-17-7-3-4-9-20(17)33-2/h3-11,13,15H,12,14H2,1-2H3,(H,29,30). The number of pyridine rings is 2. The molecule has 0 fully saturated rings. The van der Waals surface area contributed by atoms with Crippen molar-refractivity contribution in [3.8, 4) is 28.4 Å². The van der Waals surface area contributed by atoms with Crippen molar-refractivity contribution in [2.75, 3.05) is 7.11 Å². The number of hydrogen-bond donors (Lipinski definition) is 1. The summed E-state index contributed by atoms with van der Waals surface area (Å²) in [6.07, 6.45) is 3.49. The molecular formula is C24H22IN7O. The minimum atomic E-state index is 0.628. The van der Waals surface area contributed by atoms with Crippen LogP contribution >= 0.6 is 22.9 Å². The van der Waals surface area contributed by atoms with E-state index in [2.05, 4.69) is 47.1 Å². The highest BCUT2D eigenvalue weighted by Gasteiger charge is 2.18. The summed E-state index contributed by atoms with van der Waals surface area (Å²) >= 11 is 2.33. The van der Waals surface area contributed by atoms with Gasteiger partial charge in [0.05, 0.1) is 30.7 Å². The molecule has 9 heteroatoms. The summed E-state index contributed by atoms with van der Waals surface area (Å²) in [6, 6.07) is 18.0. The Balaban J connectivity index is 1.50. The zero-order valence-corrected chi connectivity index (χ0v) is 20.4. The molecule has 5 rings (SSSR count). The van der Waals surface area contributed by atoms with E-state index in [1.807, 2.05) is 61.7 Å². The first-order chi connectivity index (χ1) is 16.1. The third kappa shape index (κ3) is 4.60. The molecule has 0 amide bonds. The first kappa shape index (κ1) is 21.5. The number of methoxy groups -OCH3 is 1. The van der Waals surface area contributed by atoms with Gasteiger partial charge in [-0.1, -0.05) is 24.3 Å². The Kier molecular flexibility index (Phi) is 6.05. The van der Waals surface area contributed by atoms with Gasteiger partial charge in [0.1, 0.15) is 17.9 Å². The van der Waals surface area contributed by atoms with Crippen LogP contribution in [0, 0.1) is 6.92 Å². The van der Waals surface area contributed by atoms with Gasteiger partial charge in [0.15, 0.2) is 5.65 Å². The number of aromatic nitrogens is 6. The van der Waals surface area contributed by atoms with E-state index < -0.39 is 0 Å². The summed E-state index contributed by atoms with van der Waals surface area (Å²) in [6.45, 7) is 3.34. The number of imidazole rings is 1. The second kappa shape index (κ2) is 9.28. The Morgan fingerprint density at radius 2 is 1.91 bits per heavy atom. The third-order valence-electron chi connectivity index (χ3n) is 5.30. The number of benzene rings is 1. The molecule has 0 unspecified atom stereocenters. The maximum atomic E-state index is 5.50. The van der Waals surface area contributed by atoms with E-state index in [0.29, 0.717) is 6.54 Å². The second-order valence-corrected chi connectivity index (χ2v) is 9.01. The zero-order valence-electron chi connectivity index (χ0n) is 18.2. The fourth-order valence-corrected chi connectivity index (χ4v) is 4.46. The van der Waals surface area contributed by atoms with Crippen molar-refractivity contribution in [3.63, 3.8) is 0 Å². The van der Waals surface area contributed by atoms with E-state index in [9.17, 15) is 0 Å². The molecule has 0 aliphatic rings.